The maximum absolute atomic E-state index is 13.1. The molecule has 8 heteroatoms. The molecule has 2 aromatic rings. The van der Waals surface area contributed by atoms with Gasteiger partial charge in [0.25, 0.3) is 5.91 Å². The van der Waals surface area contributed by atoms with Crippen LogP contribution in [0.25, 0.3) is 0 Å². The first-order valence-electron chi connectivity index (χ1n) is 9.47. The van der Waals surface area contributed by atoms with Gasteiger partial charge in [-0.15, -0.1) is 0 Å². The predicted octanol–water partition coefficient (Wildman–Crippen LogP) is 2.97. The summed E-state index contributed by atoms with van der Waals surface area (Å²) in [5.74, 6) is -1.03. The van der Waals surface area contributed by atoms with Crippen molar-refractivity contribution >= 4 is 27.6 Å². The molecule has 1 fully saturated rings. The van der Waals surface area contributed by atoms with Gasteiger partial charge in [-0.2, -0.15) is 0 Å². The zero-order valence-corrected chi connectivity index (χ0v) is 17.0. The summed E-state index contributed by atoms with van der Waals surface area (Å²) in [4.78, 5) is 27.7. The smallest absolute Gasteiger partial charge is 0.341 e. The normalized spacial score (nSPS) is 15.4. The summed E-state index contributed by atoms with van der Waals surface area (Å²) in [6, 6.07) is 15.0. The number of para-hydroxylation sites is 1. The minimum atomic E-state index is -3.58. The lowest BCUT2D eigenvalue weighted by molar-refractivity contribution is -0.142. The van der Waals surface area contributed by atoms with Gasteiger partial charge in [0, 0.05) is 18.7 Å². The van der Waals surface area contributed by atoms with E-state index in [9.17, 15) is 18.0 Å². The fourth-order valence-electron chi connectivity index (χ4n) is 3.29. The van der Waals surface area contributed by atoms with E-state index in [0.717, 1.165) is 25.5 Å². The molecule has 154 valence electrons. The van der Waals surface area contributed by atoms with Gasteiger partial charge in [-0.1, -0.05) is 42.5 Å². The van der Waals surface area contributed by atoms with E-state index >= 15 is 0 Å². The number of nitrogens with zero attached hydrogens (tertiary/aromatic N) is 1. The summed E-state index contributed by atoms with van der Waals surface area (Å²) < 4.78 is 31.2. The monoisotopic (exact) mass is 416 g/mol. The summed E-state index contributed by atoms with van der Waals surface area (Å²) in [5, 5.41) is 0. The second-order valence-corrected chi connectivity index (χ2v) is 8.75. The molecule has 7 nitrogen and oxygen atoms in total. The highest BCUT2D eigenvalue weighted by Crippen LogP contribution is 2.26. The molecule has 1 aliphatic heterocycles. The molecule has 3 rings (SSSR count). The van der Waals surface area contributed by atoms with Crippen molar-refractivity contribution in [2.45, 2.75) is 25.4 Å². The van der Waals surface area contributed by atoms with Crippen LogP contribution >= 0.6 is 0 Å². The van der Waals surface area contributed by atoms with E-state index < -0.39 is 22.1 Å². The maximum Gasteiger partial charge on any atom is 0.341 e. The minimum absolute atomic E-state index is 0.0466. The topological polar surface area (TPSA) is 92.8 Å². The first kappa shape index (κ1) is 20.9. The molecular formula is C21H24N2O5S. The van der Waals surface area contributed by atoms with E-state index in [1.807, 2.05) is 6.07 Å². The molecule has 1 heterocycles. The van der Waals surface area contributed by atoms with E-state index in [4.69, 9.17) is 4.74 Å². The number of carbonyl (C=O) groups is 2. The van der Waals surface area contributed by atoms with Gasteiger partial charge < -0.3 is 9.64 Å². The number of nitrogens with one attached hydrogen (secondary N) is 1. The van der Waals surface area contributed by atoms with Gasteiger partial charge in [-0.05, 0) is 31.4 Å². The Morgan fingerprint density at radius 2 is 1.59 bits per heavy atom. The number of rotatable bonds is 6. The van der Waals surface area contributed by atoms with Gasteiger partial charge in [-0.3, -0.25) is 9.52 Å². The number of hydrogen-bond donors (Lipinski definition) is 1. The third-order valence-electron chi connectivity index (χ3n) is 4.66. The van der Waals surface area contributed by atoms with Gasteiger partial charge in [0.2, 0.25) is 16.1 Å². The highest BCUT2D eigenvalue weighted by molar-refractivity contribution is 7.92. The Kier molecular flexibility index (Phi) is 6.53. The Bertz CT molecular complexity index is 970. The number of likely N-dealkylation sites (tertiary alicyclic amines) is 1. The quantitative estimate of drug-likeness (QED) is 0.731. The van der Waals surface area contributed by atoms with Crippen molar-refractivity contribution < 1.29 is 22.7 Å². The van der Waals surface area contributed by atoms with Crippen molar-refractivity contribution in [3.05, 3.63) is 65.7 Å². The van der Waals surface area contributed by atoms with Crippen LogP contribution in [0.3, 0.4) is 0 Å². The Hall–Kier alpha value is -2.87. The second-order valence-electron chi connectivity index (χ2n) is 7.00. The molecule has 1 atom stereocenters. The molecule has 29 heavy (non-hydrogen) atoms. The van der Waals surface area contributed by atoms with Crippen molar-refractivity contribution in [2.24, 2.45) is 0 Å². The number of ether oxygens (including phenoxy) is 1. The van der Waals surface area contributed by atoms with Crippen LogP contribution in [0.15, 0.2) is 54.6 Å². The lowest BCUT2D eigenvalue weighted by Gasteiger charge is -2.30. The molecule has 1 N–H and O–H groups in total. The Morgan fingerprint density at radius 1 is 0.966 bits per heavy atom. The third-order valence-corrected chi connectivity index (χ3v) is 5.25. The SMILES string of the molecule is CS(=O)(=O)Nc1ccccc1C(=O)O[C@@H](C(=O)N1CCCCC1)c1ccccc1. The first-order valence-corrected chi connectivity index (χ1v) is 11.4. The van der Waals surface area contributed by atoms with Crippen molar-refractivity contribution in [1.29, 1.82) is 0 Å². The summed E-state index contributed by atoms with van der Waals surface area (Å²) in [7, 11) is -3.58. The molecule has 0 saturated carbocycles. The van der Waals surface area contributed by atoms with Crippen LogP contribution in [-0.4, -0.2) is 44.5 Å². The summed E-state index contributed by atoms with van der Waals surface area (Å²) in [6.07, 6.45) is 2.82. The van der Waals surface area contributed by atoms with Crippen molar-refractivity contribution in [3.8, 4) is 0 Å². The average molecular weight is 416 g/mol. The highest BCUT2D eigenvalue weighted by Gasteiger charge is 2.31. The van der Waals surface area contributed by atoms with Gasteiger partial charge in [0.15, 0.2) is 0 Å². The highest BCUT2D eigenvalue weighted by atomic mass is 32.2. The number of amides is 1. The van der Waals surface area contributed by atoms with E-state index in [-0.39, 0.29) is 17.2 Å². The molecule has 1 saturated heterocycles. The van der Waals surface area contributed by atoms with Gasteiger partial charge >= 0.3 is 5.97 Å². The van der Waals surface area contributed by atoms with Gasteiger partial charge in [0.1, 0.15) is 0 Å². The van der Waals surface area contributed by atoms with Gasteiger partial charge in [0.05, 0.1) is 17.5 Å². The Morgan fingerprint density at radius 3 is 2.24 bits per heavy atom. The van der Waals surface area contributed by atoms with E-state index in [1.165, 1.54) is 12.1 Å². The third kappa shape index (κ3) is 5.57. The van der Waals surface area contributed by atoms with Crippen LogP contribution in [0.2, 0.25) is 0 Å². The van der Waals surface area contributed by atoms with Crippen LogP contribution < -0.4 is 4.72 Å². The van der Waals surface area contributed by atoms with E-state index in [2.05, 4.69) is 4.72 Å². The molecule has 0 spiro atoms. The summed E-state index contributed by atoms with van der Waals surface area (Å²) in [6.45, 7) is 1.26. The summed E-state index contributed by atoms with van der Waals surface area (Å²) >= 11 is 0. The number of piperidine rings is 1. The van der Waals surface area contributed by atoms with E-state index in [0.29, 0.717) is 18.7 Å². The zero-order valence-electron chi connectivity index (χ0n) is 16.2. The first-order chi connectivity index (χ1) is 13.8. The van der Waals surface area contributed by atoms with Gasteiger partial charge in [-0.25, -0.2) is 13.2 Å². The number of anilines is 1. The van der Waals surface area contributed by atoms with Crippen LogP contribution in [0, 0.1) is 0 Å². The number of sulfonamides is 1. The zero-order chi connectivity index (χ0) is 20.9. The van der Waals surface area contributed by atoms with Crippen molar-refractivity contribution in [3.63, 3.8) is 0 Å². The molecule has 0 aromatic heterocycles. The molecule has 1 aliphatic rings. The predicted molar refractivity (Wildman–Crippen MR) is 110 cm³/mol. The van der Waals surface area contributed by atoms with Crippen LogP contribution in [0.4, 0.5) is 5.69 Å². The molecule has 1 amide bonds. The average Bonchev–Trinajstić information content (AvgIpc) is 2.72. The fourth-order valence-corrected chi connectivity index (χ4v) is 3.87. The van der Waals surface area contributed by atoms with Crippen LogP contribution in [-0.2, 0) is 19.6 Å². The lowest BCUT2D eigenvalue weighted by atomic mass is 10.1. The van der Waals surface area contributed by atoms with Crippen LogP contribution in [0.1, 0.15) is 41.3 Å². The lowest BCUT2D eigenvalue weighted by Crippen LogP contribution is -2.40. The second kappa shape index (κ2) is 9.09. The van der Waals surface area contributed by atoms with E-state index in [1.54, 1.807) is 41.3 Å². The molecule has 0 unspecified atom stereocenters. The minimum Gasteiger partial charge on any atom is -0.444 e. The molecule has 2 aromatic carbocycles. The number of carbonyl (C=O) groups excluding carboxylic acids is 2. The Balaban J connectivity index is 1.88. The number of benzene rings is 2. The summed E-state index contributed by atoms with van der Waals surface area (Å²) in [5.41, 5.74) is 0.729. The molecule has 0 aliphatic carbocycles. The number of hydrogen-bond acceptors (Lipinski definition) is 5. The Labute approximate surface area is 170 Å². The molecule has 0 bridgehead atoms. The maximum atomic E-state index is 13.1. The van der Waals surface area contributed by atoms with Crippen molar-refractivity contribution in [2.75, 3.05) is 24.1 Å². The number of esters is 1. The molecule has 0 radical (unpaired) electrons. The van der Waals surface area contributed by atoms with Crippen molar-refractivity contribution in [1.82, 2.24) is 4.90 Å². The standard InChI is InChI=1S/C21H24N2O5S/c1-29(26,27)22-18-13-7-6-12-17(18)21(25)28-19(16-10-4-2-5-11-16)20(24)23-14-8-3-9-15-23/h2,4-7,10-13,19,22H,3,8-9,14-15H2,1H3/t19-/m1/s1. The fraction of sp³-hybridized carbons (Fsp3) is 0.333. The molecular weight excluding hydrogens is 392 g/mol. The largest absolute Gasteiger partial charge is 0.444 e. The van der Waals surface area contributed by atoms with Crippen LogP contribution in [0.5, 0.6) is 0 Å².